The molecule has 0 aromatic rings. The van der Waals surface area contributed by atoms with Gasteiger partial charge in [-0.3, -0.25) is 4.79 Å². The van der Waals surface area contributed by atoms with Crippen molar-refractivity contribution in [1.29, 1.82) is 0 Å². The molecular formula is C88H171NO18. The predicted octanol–water partition coefficient (Wildman–Crippen LogP) is 17.3. The van der Waals surface area contributed by atoms with E-state index >= 15 is 0 Å². The van der Waals surface area contributed by atoms with Gasteiger partial charge in [0, 0.05) is 6.42 Å². The van der Waals surface area contributed by atoms with E-state index in [0.29, 0.717) is 12.8 Å². The Bertz CT molecular complexity index is 1930. The second-order valence-corrected chi connectivity index (χ2v) is 33.1. The first-order valence-corrected chi connectivity index (χ1v) is 45.8. The highest BCUT2D eigenvalue weighted by atomic mass is 16.8. The van der Waals surface area contributed by atoms with Gasteiger partial charge in [0.25, 0.3) is 0 Å². The largest absolute Gasteiger partial charge is 0.394 e. The van der Waals surface area contributed by atoms with Gasteiger partial charge in [-0.2, -0.15) is 0 Å². The average molecular weight is 1530 g/mol. The lowest BCUT2D eigenvalue weighted by molar-refractivity contribution is -0.379. The van der Waals surface area contributed by atoms with E-state index in [1.54, 1.807) is 0 Å². The Morgan fingerprint density at radius 2 is 0.533 bits per heavy atom. The highest BCUT2D eigenvalue weighted by molar-refractivity contribution is 5.76. The summed E-state index contributed by atoms with van der Waals surface area (Å²) < 4.78 is 34.6. The quantitative estimate of drug-likeness (QED) is 0.0252. The number of aliphatic hydroxyl groups is 11. The van der Waals surface area contributed by atoms with E-state index in [2.05, 4.69) is 19.2 Å². The van der Waals surface area contributed by atoms with E-state index < -0.39 is 124 Å². The fourth-order valence-electron chi connectivity index (χ4n) is 16.1. The van der Waals surface area contributed by atoms with Crippen LogP contribution in [0.1, 0.15) is 425 Å². The van der Waals surface area contributed by atoms with Gasteiger partial charge in [-0.05, 0) is 12.8 Å². The molecule has 3 rings (SSSR count). The summed E-state index contributed by atoms with van der Waals surface area (Å²) in [5.74, 6) is -0.231. The molecule has 3 heterocycles. The van der Waals surface area contributed by atoms with Crippen molar-refractivity contribution in [1.82, 2.24) is 5.32 Å². The van der Waals surface area contributed by atoms with Crippen molar-refractivity contribution in [3.8, 4) is 0 Å². The maximum Gasteiger partial charge on any atom is 0.220 e. The molecule has 17 atom stereocenters. The first-order chi connectivity index (χ1) is 52.3. The number of carbonyl (C=O) groups is 1. The van der Waals surface area contributed by atoms with Gasteiger partial charge in [0.15, 0.2) is 18.9 Å². The molecule has 3 aliphatic rings. The fraction of sp³-hybridized carbons (Fsp3) is 0.989. The van der Waals surface area contributed by atoms with Crippen LogP contribution in [-0.2, 0) is 33.2 Å². The number of ether oxygens (including phenoxy) is 6. The Morgan fingerprint density at radius 3 is 0.813 bits per heavy atom. The van der Waals surface area contributed by atoms with Crippen molar-refractivity contribution in [2.45, 2.75) is 529 Å². The van der Waals surface area contributed by atoms with Gasteiger partial charge in [0.05, 0.1) is 38.6 Å². The van der Waals surface area contributed by atoms with Crippen LogP contribution in [0.4, 0.5) is 0 Å². The Hall–Kier alpha value is -1.21. The van der Waals surface area contributed by atoms with Crippen LogP contribution < -0.4 is 5.32 Å². The molecule has 0 aliphatic carbocycles. The molecule has 3 saturated heterocycles. The molecule has 0 radical (unpaired) electrons. The van der Waals surface area contributed by atoms with Crippen LogP contribution in [0, 0.1) is 0 Å². The van der Waals surface area contributed by atoms with Crippen molar-refractivity contribution in [2.24, 2.45) is 0 Å². The van der Waals surface area contributed by atoms with E-state index in [0.717, 1.165) is 44.9 Å². The Morgan fingerprint density at radius 1 is 0.299 bits per heavy atom. The van der Waals surface area contributed by atoms with Crippen molar-refractivity contribution in [2.75, 3.05) is 26.4 Å². The predicted molar refractivity (Wildman–Crippen MR) is 430 cm³/mol. The molecule has 19 heteroatoms. The third-order valence-corrected chi connectivity index (χ3v) is 23.4. The van der Waals surface area contributed by atoms with E-state index in [-0.39, 0.29) is 18.9 Å². The van der Waals surface area contributed by atoms with Gasteiger partial charge >= 0.3 is 0 Å². The molecular weight excluding hydrogens is 1360 g/mol. The number of amides is 1. The molecule has 0 saturated carbocycles. The minimum atomic E-state index is -1.97. The monoisotopic (exact) mass is 1530 g/mol. The number of nitrogens with one attached hydrogen (secondary N) is 1. The molecule has 0 aromatic heterocycles. The minimum Gasteiger partial charge on any atom is -0.394 e. The third kappa shape index (κ3) is 48.1. The van der Waals surface area contributed by atoms with Gasteiger partial charge in [0.2, 0.25) is 5.91 Å². The van der Waals surface area contributed by atoms with Crippen LogP contribution >= 0.6 is 0 Å². The number of aliphatic hydroxyl groups excluding tert-OH is 11. The zero-order valence-electron chi connectivity index (χ0n) is 68.7. The number of hydrogen-bond acceptors (Lipinski definition) is 18. The first-order valence-electron chi connectivity index (χ1n) is 45.8. The van der Waals surface area contributed by atoms with Crippen LogP contribution in [0.3, 0.4) is 0 Å². The summed E-state index contributed by atoms with van der Waals surface area (Å²) in [4.78, 5) is 13.5. The second kappa shape index (κ2) is 69.1. The lowest BCUT2D eigenvalue weighted by atomic mass is 9.96. The summed E-state index contributed by atoms with van der Waals surface area (Å²) in [5, 5.41) is 121. The highest BCUT2D eigenvalue weighted by Gasteiger charge is 2.54. The molecule has 1 amide bonds. The topological polar surface area (TPSA) is 307 Å². The molecule has 3 aliphatic heterocycles. The summed E-state index contributed by atoms with van der Waals surface area (Å²) in [6, 6.07) is -0.884. The summed E-state index contributed by atoms with van der Waals surface area (Å²) in [6.45, 7) is 1.89. The first kappa shape index (κ1) is 100.0. The van der Waals surface area contributed by atoms with Gasteiger partial charge in [0.1, 0.15) is 73.2 Å². The molecule has 17 unspecified atom stereocenters. The lowest BCUT2D eigenvalue weighted by Gasteiger charge is -2.48. The Balaban J connectivity index is 1.31. The number of rotatable bonds is 76. The minimum absolute atomic E-state index is 0.231. The molecule has 0 aromatic carbocycles. The zero-order valence-corrected chi connectivity index (χ0v) is 68.7. The van der Waals surface area contributed by atoms with Gasteiger partial charge in [-0.25, -0.2) is 0 Å². The fourth-order valence-corrected chi connectivity index (χ4v) is 16.1. The van der Waals surface area contributed by atoms with E-state index in [1.807, 2.05) is 0 Å². The van der Waals surface area contributed by atoms with Gasteiger partial charge < -0.3 is 89.9 Å². The van der Waals surface area contributed by atoms with E-state index in [1.165, 1.54) is 347 Å². The molecule has 3 fully saturated rings. The van der Waals surface area contributed by atoms with Crippen LogP contribution in [0.15, 0.2) is 0 Å². The van der Waals surface area contributed by atoms with Crippen molar-refractivity contribution in [3.63, 3.8) is 0 Å². The van der Waals surface area contributed by atoms with Crippen LogP contribution in [0.25, 0.3) is 0 Å². The number of hydrogen-bond donors (Lipinski definition) is 12. The highest BCUT2D eigenvalue weighted by Crippen LogP contribution is 2.34. The molecule has 0 bridgehead atoms. The molecule has 0 spiro atoms. The van der Waals surface area contributed by atoms with Crippen LogP contribution in [0.2, 0.25) is 0 Å². The zero-order chi connectivity index (χ0) is 77.4. The normalized spacial score (nSPS) is 25.4. The number of unbranched alkanes of at least 4 members (excludes halogenated alkanes) is 60. The third-order valence-electron chi connectivity index (χ3n) is 23.4. The maximum atomic E-state index is 13.5. The lowest BCUT2D eigenvalue weighted by Crippen LogP contribution is -2.66. The summed E-state index contributed by atoms with van der Waals surface area (Å²) in [7, 11) is 0. The van der Waals surface area contributed by atoms with E-state index in [4.69, 9.17) is 28.4 Å². The Kier molecular flexibility index (Phi) is 64.6. The van der Waals surface area contributed by atoms with Crippen LogP contribution in [-0.4, -0.2) is 193 Å². The van der Waals surface area contributed by atoms with Crippen LogP contribution in [0.5, 0.6) is 0 Å². The molecule has 636 valence electrons. The standard InChI is InChI=1S/C88H171NO18/c1-3-5-7-9-11-13-15-17-19-21-23-25-27-29-31-32-33-34-35-36-37-38-40-42-44-46-48-50-52-54-56-58-60-62-64-66-76(94)89-71(72(93)65-63-61-59-57-55-53-51-49-47-45-43-41-39-30-28-26-24-22-20-18-16-14-12-10-8-6-4-2)70-102-86-82(100)79(97)84(74(68-91)104-86)107-88-83(101)80(98)85(75(69-92)105-88)106-87-81(99)78(96)77(95)73(67-90)103-87/h71-75,77-88,90-93,95-101H,3-70H2,1-2H3,(H,89,94). The van der Waals surface area contributed by atoms with E-state index in [9.17, 15) is 61.0 Å². The summed E-state index contributed by atoms with van der Waals surface area (Å²) >= 11 is 0. The van der Waals surface area contributed by atoms with Crippen molar-refractivity contribution < 1.29 is 89.4 Å². The van der Waals surface area contributed by atoms with Crippen molar-refractivity contribution in [3.05, 3.63) is 0 Å². The Labute approximate surface area is 653 Å². The smallest absolute Gasteiger partial charge is 0.220 e. The van der Waals surface area contributed by atoms with Gasteiger partial charge in [-0.15, -0.1) is 0 Å². The summed E-state index contributed by atoms with van der Waals surface area (Å²) in [5.41, 5.74) is 0. The average Bonchev–Trinajstić information content (AvgIpc) is 0.781. The summed E-state index contributed by atoms with van der Waals surface area (Å²) in [6.07, 6.45) is 56.5. The molecule has 107 heavy (non-hydrogen) atoms. The van der Waals surface area contributed by atoms with Gasteiger partial charge in [-0.1, -0.05) is 406 Å². The maximum absolute atomic E-state index is 13.5. The second-order valence-electron chi connectivity index (χ2n) is 33.1. The SMILES string of the molecule is CCCCCCCCCCCCCCCCCCCCCCCCCCCCCCCCCCCCCC(=O)NC(COC1OC(CO)C(OC2OC(CO)C(OC3OC(CO)C(O)C(O)C3O)C(O)C2O)C(O)C1O)C(O)CCCCCCCCCCCCCCCCCCCCCCCCCCCCC. The number of carbonyl (C=O) groups excluding carboxylic acids is 1. The molecule has 12 N–H and O–H groups in total. The molecule has 19 nitrogen and oxygen atoms in total. The van der Waals surface area contributed by atoms with Crippen molar-refractivity contribution >= 4 is 5.91 Å².